The van der Waals surface area contributed by atoms with E-state index in [9.17, 15) is 0 Å². The van der Waals surface area contributed by atoms with Crippen molar-refractivity contribution in [2.45, 2.75) is 13.8 Å². The molecule has 0 radical (unpaired) electrons. The van der Waals surface area contributed by atoms with Gasteiger partial charge in [-0.15, -0.1) is 0 Å². The number of carbonyl (C=O) groups is 2. The summed E-state index contributed by atoms with van der Waals surface area (Å²) in [6, 6.07) is 0. The molecule has 0 heterocycles. The maximum atomic E-state index is 8.89. The fraction of sp³-hybridized carbons (Fsp3) is 0.500. The predicted molar refractivity (Wildman–Crippen MR) is 27.1 cm³/mol. The fourth-order valence-corrected chi connectivity index (χ4v) is 0. The van der Waals surface area contributed by atoms with Crippen LogP contribution in [0.15, 0.2) is 0 Å². The Bertz CT molecular complexity index is 80.1. The van der Waals surface area contributed by atoms with Gasteiger partial charge in [0, 0.05) is 11.9 Å². The van der Waals surface area contributed by atoms with E-state index in [1.807, 2.05) is 0 Å². The number of rotatable bonds is 0. The summed E-state index contributed by atoms with van der Waals surface area (Å²) in [5.74, 6) is -2.17. The van der Waals surface area contributed by atoms with Gasteiger partial charge in [-0.2, -0.15) is 0 Å². The number of carboxylic acids is 2. The van der Waals surface area contributed by atoms with Crippen LogP contribution in [-0.4, -0.2) is 57.4 Å². The number of aliphatic carboxylic acids is 2. The Morgan fingerprint density at radius 1 is 1.00 bits per heavy atom. The molecule has 11 heavy (non-hydrogen) atoms. The second-order valence-corrected chi connectivity index (χ2v) is 0.983. The van der Waals surface area contributed by atoms with Gasteiger partial charge >= 0.3 is 126 Å². The van der Waals surface area contributed by atoms with Crippen molar-refractivity contribution < 1.29 is 101 Å². The summed E-state index contributed by atoms with van der Waals surface area (Å²) in [6.45, 7) is 1.94. The van der Waals surface area contributed by atoms with Gasteiger partial charge in [-0.05, 0) is 13.8 Å². The average molecular weight is 268 g/mol. The molecule has 0 aliphatic rings. The van der Waals surface area contributed by atoms with Crippen molar-refractivity contribution in [2.24, 2.45) is 0 Å². The van der Waals surface area contributed by atoms with Crippen molar-refractivity contribution in [3.05, 3.63) is 0 Å². The van der Waals surface area contributed by atoms with E-state index >= 15 is 0 Å². The normalized spacial score (nSPS) is 4.55. The van der Waals surface area contributed by atoms with Crippen LogP contribution in [0.4, 0.5) is 0 Å². The van der Waals surface area contributed by atoms with E-state index in [0.717, 1.165) is 13.8 Å². The van der Waals surface area contributed by atoms with Crippen molar-refractivity contribution in [3.8, 4) is 0 Å². The largest absolute Gasteiger partial charge is 2.00 e. The minimum absolute atomic E-state index is 0. The summed E-state index contributed by atoms with van der Waals surface area (Å²) in [5, 5.41) is 17.8. The molecule has 48 valence electrons. The molecule has 0 N–H and O–H groups in total. The Morgan fingerprint density at radius 3 is 1.00 bits per heavy atom. The van der Waals surface area contributed by atoms with Gasteiger partial charge in [0.05, 0.1) is 0 Å². The number of carbonyl (C=O) groups excluding carboxylic acids is 2. The minimum Gasteiger partial charge on any atom is -0.550 e. The van der Waals surface area contributed by atoms with Crippen LogP contribution >= 0.6 is 0 Å². The van der Waals surface area contributed by atoms with Crippen LogP contribution in [0.5, 0.6) is 0 Å². The van der Waals surface area contributed by atoms with Gasteiger partial charge in [-0.1, -0.05) is 0 Å². The van der Waals surface area contributed by atoms with Gasteiger partial charge in [0.25, 0.3) is 0 Å². The van der Waals surface area contributed by atoms with Crippen LogP contribution < -0.4 is 91.2 Å². The van der Waals surface area contributed by atoms with Crippen molar-refractivity contribution in [1.29, 1.82) is 0 Å². The molecule has 0 spiro atoms. The average Bonchev–Trinajstić information content (AvgIpc) is 1.25. The first-order valence-electron chi connectivity index (χ1n) is 1.82. The van der Waals surface area contributed by atoms with Crippen LogP contribution in [-0.2, 0) is 9.59 Å². The molecule has 0 aromatic heterocycles. The Labute approximate surface area is 167 Å². The Kier molecular flexibility index (Phi) is 61.5. The molecule has 0 bridgehead atoms. The summed E-state index contributed by atoms with van der Waals surface area (Å²) in [7, 11) is 0. The maximum absolute atomic E-state index is 8.89. The van der Waals surface area contributed by atoms with Crippen LogP contribution in [0, 0.1) is 0 Å². The second kappa shape index (κ2) is 23.1. The zero-order chi connectivity index (χ0) is 7.15. The molecule has 0 unspecified atom stereocenters. The summed E-state index contributed by atoms with van der Waals surface area (Å²) in [4.78, 5) is 17.8. The standard InChI is InChI=1S/2C2H4O2.K.Na.Sr/c2*1-2(3)4;;;/h2*1H3,(H,3,4);;;/q;;2*+1;+2/p-2. The Balaban J connectivity index is -0.0000000171. The molecule has 0 aliphatic heterocycles. The van der Waals surface area contributed by atoms with E-state index in [1.165, 1.54) is 0 Å². The number of hydrogen-bond acceptors (Lipinski definition) is 4. The van der Waals surface area contributed by atoms with E-state index in [0.29, 0.717) is 0 Å². The maximum Gasteiger partial charge on any atom is 2.00 e. The number of carboxylic acid groups (broad SMARTS) is 2. The van der Waals surface area contributed by atoms with Crippen LogP contribution in [0.2, 0.25) is 0 Å². The molecule has 0 fully saturated rings. The van der Waals surface area contributed by atoms with E-state index in [2.05, 4.69) is 0 Å². The molecule has 0 saturated carbocycles. The summed E-state index contributed by atoms with van der Waals surface area (Å²) in [5.41, 5.74) is 0. The van der Waals surface area contributed by atoms with Gasteiger partial charge in [0.2, 0.25) is 0 Å². The first-order chi connectivity index (χ1) is 3.46. The zero-order valence-corrected chi connectivity index (χ0v) is 15.9. The molecule has 0 atom stereocenters. The third-order valence-corrected chi connectivity index (χ3v) is 0. The monoisotopic (exact) mass is 268 g/mol. The first-order valence-corrected chi connectivity index (χ1v) is 1.82. The van der Waals surface area contributed by atoms with Gasteiger partial charge in [0.1, 0.15) is 0 Å². The molecule has 0 amide bonds. The molecule has 0 saturated heterocycles. The summed E-state index contributed by atoms with van der Waals surface area (Å²) >= 11 is 0. The van der Waals surface area contributed by atoms with Crippen molar-refractivity contribution in [2.75, 3.05) is 0 Å². The number of hydrogen-bond donors (Lipinski definition) is 0. The summed E-state index contributed by atoms with van der Waals surface area (Å²) in [6.07, 6.45) is 0. The van der Waals surface area contributed by atoms with Crippen LogP contribution in [0.1, 0.15) is 13.8 Å². The molecular weight excluding hydrogens is 262 g/mol. The zero-order valence-electron chi connectivity index (χ0n) is 7.34. The van der Waals surface area contributed by atoms with E-state index < -0.39 is 11.9 Å². The van der Waals surface area contributed by atoms with Gasteiger partial charge in [-0.25, -0.2) is 0 Å². The first kappa shape index (κ1) is 29.2. The fourth-order valence-electron chi connectivity index (χ4n) is 0. The van der Waals surface area contributed by atoms with Crippen LogP contribution in [0.25, 0.3) is 0 Å². The topological polar surface area (TPSA) is 80.3 Å². The van der Waals surface area contributed by atoms with Gasteiger partial charge in [-0.3, -0.25) is 0 Å². The minimum atomic E-state index is -1.08. The Hall–Kier alpha value is 3.06. The van der Waals surface area contributed by atoms with Crippen molar-refractivity contribution in [3.63, 3.8) is 0 Å². The van der Waals surface area contributed by atoms with Gasteiger partial charge in [0.15, 0.2) is 0 Å². The molecular formula is C4H6KNaO4Sr+2. The molecule has 0 rings (SSSR count). The molecule has 7 heteroatoms. The van der Waals surface area contributed by atoms with Crippen molar-refractivity contribution >= 4 is 57.4 Å². The molecule has 0 aromatic rings. The molecule has 4 nitrogen and oxygen atoms in total. The van der Waals surface area contributed by atoms with E-state index in [-0.39, 0.29) is 126 Å². The second-order valence-electron chi connectivity index (χ2n) is 0.983. The third kappa shape index (κ3) is 171. The van der Waals surface area contributed by atoms with Crippen LogP contribution in [0.3, 0.4) is 0 Å². The predicted octanol–water partition coefficient (Wildman–Crippen LogP) is -8.86. The quantitative estimate of drug-likeness (QED) is 0.408. The third-order valence-electron chi connectivity index (χ3n) is 0. The smallest absolute Gasteiger partial charge is 0.550 e. The SMILES string of the molecule is CC(=O)[O-].CC(=O)[O-].[K+].[Na+].[Sr+2]. The Morgan fingerprint density at radius 2 is 1.00 bits per heavy atom. The van der Waals surface area contributed by atoms with Gasteiger partial charge < -0.3 is 19.8 Å². The van der Waals surface area contributed by atoms with E-state index in [4.69, 9.17) is 19.8 Å². The van der Waals surface area contributed by atoms with Crippen molar-refractivity contribution in [1.82, 2.24) is 0 Å². The molecule has 0 aromatic carbocycles. The van der Waals surface area contributed by atoms with E-state index in [1.54, 1.807) is 0 Å². The molecule has 0 aliphatic carbocycles. The summed E-state index contributed by atoms with van der Waals surface area (Å²) < 4.78 is 0.